The molecule has 4 rings (SSSR count). The summed E-state index contributed by atoms with van der Waals surface area (Å²) in [6.07, 6.45) is -0.808. The molecular formula is C22H17ClFNO3. The normalized spacial score (nSPS) is 12.4. The highest BCUT2D eigenvalue weighted by Gasteiger charge is 2.29. The van der Waals surface area contributed by atoms with Crippen LogP contribution in [0.4, 0.5) is 14.9 Å². The third kappa shape index (κ3) is 3.23. The highest BCUT2D eigenvalue weighted by atomic mass is 35.5. The zero-order valence-electron chi connectivity index (χ0n) is 14.8. The first-order valence-corrected chi connectivity index (χ1v) is 9.17. The Bertz CT molecular complexity index is 1010. The quantitative estimate of drug-likeness (QED) is 0.625. The number of rotatable bonds is 4. The average Bonchev–Trinajstić information content (AvgIpc) is 3.03. The van der Waals surface area contributed by atoms with Crippen molar-refractivity contribution in [2.75, 3.05) is 11.9 Å². The number of aliphatic hydroxyl groups excluding tert-OH is 1. The molecule has 1 aliphatic carbocycles. The van der Waals surface area contributed by atoms with E-state index < -0.39 is 18.5 Å². The van der Waals surface area contributed by atoms with Gasteiger partial charge in [-0.25, -0.2) is 9.18 Å². The van der Waals surface area contributed by atoms with Crippen LogP contribution in [0.25, 0.3) is 11.1 Å². The van der Waals surface area contributed by atoms with Crippen LogP contribution in [0.5, 0.6) is 0 Å². The number of fused-ring (bicyclic) bond motifs is 3. The molecule has 0 aliphatic heterocycles. The molecule has 28 heavy (non-hydrogen) atoms. The highest BCUT2D eigenvalue weighted by molar-refractivity contribution is 6.31. The predicted molar refractivity (Wildman–Crippen MR) is 106 cm³/mol. The van der Waals surface area contributed by atoms with Crippen LogP contribution in [0.1, 0.15) is 22.6 Å². The molecule has 0 radical (unpaired) electrons. The third-order valence-electron chi connectivity index (χ3n) is 4.93. The summed E-state index contributed by atoms with van der Waals surface area (Å²) in [4.78, 5) is 12.3. The lowest BCUT2D eigenvalue weighted by Crippen LogP contribution is -2.19. The van der Waals surface area contributed by atoms with Gasteiger partial charge in [0, 0.05) is 16.5 Å². The number of carbonyl (C=O) groups excluding carboxylic acids is 1. The van der Waals surface area contributed by atoms with E-state index in [9.17, 15) is 14.3 Å². The molecule has 0 heterocycles. The summed E-state index contributed by atoms with van der Waals surface area (Å²) in [5, 5.41) is 11.9. The van der Waals surface area contributed by atoms with Gasteiger partial charge in [0.25, 0.3) is 0 Å². The second-order valence-corrected chi connectivity index (χ2v) is 6.90. The standard InChI is InChI=1S/C22H17ClFNO3/c23-19-9-10-20(24)21(17(19)11-26)25-22(27)28-12-18-15-7-3-1-5-13(15)14-6-2-4-8-16(14)18/h1-10,18,26H,11-12H2,(H,25,27). The van der Waals surface area contributed by atoms with Crippen molar-refractivity contribution >= 4 is 23.4 Å². The summed E-state index contributed by atoms with van der Waals surface area (Å²) < 4.78 is 19.5. The Morgan fingerprint density at radius 1 is 1.04 bits per heavy atom. The number of halogens is 2. The fourth-order valence-electron chi connectivity index (χ4n) is 3.62. The third-order valence-corrected chi connectivity index (χ3v) is 5.29. The Kier molecular flexibility index (Phi) is 5.03. The Hall–Kier alpha value is -2.89. The maximum absolute atomic E-state index is 14.1. The van der Waals surface area contributed by atoms with Crippen molar-refractivity contribution in [1.82, 2.24) is 0 Å². The van der Waals surface area contributed by atoms with Gasteiger partial charge in [0.2, 0.25) is 0 Å². The van der Waals surface area contributed by atoms with E-state index in [0.29, 0.717) is 0 Å². The lowest BCUT2D eigenvalue weighted by atomic mass is 9.98. The highest BCUT2D eigenvalue weighted by Crippen LogP contribution is 2.44. The van der Waals surface area contributed by atoms with Crippen LogP contribution < -0.4 is 5.32 Å². The molecule has 0 fully saturated rings. The van der Waals surface area contributed by atoms with Crippen molar-refractivity contribution in [3.05, 3.63) is 88.2 Å². The van der Waals surface area contributed by atoms with E-state index in [2.05, 4.69) is 5.32 Å². The van der Waals surface area contributed by atoms with Crippen molar-refractivity contribution in [2.24, 2.45) is 0 Å². The first kappa shape index (κ1) is 18.5. The molecule has 3 aromatic rings. The summed E-state index contributed by atoms with van der Waals surface area (Å²) in [5.41, 5.74) is 4.34. The van der Waals surface area contributed by atoms with Crippen LogP contribution in [0.3, 0.4) is 0 Å². The van der Waals surface area contributed by atoms with Gasteiger partial charge in [-0.1, -0.05) is 60.1 Å². The molecule has 1 amide bonds. The molecule has 142 valence electrons. The molecule has 0 unspecified atom stereocenters. The molecule has 6 heteroatoms. The monoisotopic (exact) mass is 397 g/mol. The minimum atomic E-state index is -0.808. The summed E-state index contributed by atoms with van der Waals surface area (Å²) in [7, 11) is 0. The Morgan fingerprint density at radius 3 is 2.25 bits per heavy atom. The molecule has 0 aromatic heterocycles. The van der Waals surface area contributed by atoms with Gasteiger partial charge >= 0.3 is 6.09 Å². The zero-order chi connectivity index (χ0) is 19.7. The summed E-state index contributed by atoms with van der Waals surface area (Å²) in [6.45, 7) is -0.397. The van der Waals surface area contributed by atoms with Crippen LogP contribution in [-0.2, 0) is 11.3 Å². The molecule has 4 nitrogen and oxygen atoms in total. The number of amides is 1. The van der Waals surface area contributed by atoms with Gasteiger partial charge < -0.3 is 9.84 Å². The lowest BCUT2D eigenvalue weighted by molar-refractivity contribution is 0.158. The van der Waals surface area contributed by atoms with Gasteiger partial charge in [-0.05, 0) is 34.4 Å². The maximum Gasteiger partial charge on any atom is 0.411 e. The number of carbonyl (C=O) groups is 1. The summed E-state index contributed by atoms with van der Waals surface area (Å²) in [5.74, 6) is -0.790. The Labute approximate surface area is 166 Å². The second kappa shape index (κ2) is 7.62. The molecule has 3 aromatic carbocycles. The van der Waals surface area contributed by atoms with Crippen LogP contribution in [0.2, 0.25) is 5.02 Å². The largest absolute Gasteiger partial charge is 0.448 e. The Morgan fingerprint density at radius 2 is 1.64 bits per heavy atom. The van der Waals surface area contributed by atoms with Gasteiger partial charge in [-0.2, -0.15) is 0 Å². The summed E-state index contributed by atoms with van der Waals surface area (Å²) >= 11 is 5.96. The molecule has 1 aliphatic rings. The minimum Gasteiger partial charge on any atom is -0.448 e. The first-order chi connectivity index (χ1) is 13.6. The maximum atomic E-state index is 14.1. The van der Waals surface area contributed by atoms with Crippen LogP contribution in [0.15, 0.2) is 60.7 Å². The van der Waals surface area contributed by atoms with E-state index >= 15 is 0 Å². The van der Waals surface area contributed by atoms with Crippen molar-refractivity contribution < 1.29 is 19.0 Å². The van der Waals surface area contributed by atoms with Gasteiger partial charge in [0.05, 0.1) is 12.3 Å². The molecule has 0 spiro atoms. The molecule has 0 atom stereocenters. The van der Waals surface area contributed by atoms with Gasteiger partial charge in [-0.3, -0.25) is 5.32 Å². The topological polar surface area (TPSA) is 58.6 Å². The van der Waals surface area contributed by atoms with Crippen molar-refractivity contribution in [2.45, 2.75) is 12.5 Å². The van der Waals surface area contributed by atoms with Gasteiger partial charge in [0.1, 0.15) is 12.4 Å². The predicted octanol–water partition coefficient (Wildman–Crippen LogP) is 5.33. The number of aliphatic hydroxyl groups is 1. The Balaban J connectivity index is 1.53. The van der Waals surface area contributed by atoms with E-state index in [1.807, 2.05) is 48.5 Å². The van der Waals surface area contributed by atoms with Crippen molar-refractivity contribution in [3.63, 3.8) is 0 Å². The number of benzene rings is 3. The average molecular weight is 398 g/mol. The van der Waals surface area contributed by atoms with Crippen LogP contribution >= 0.6 is 11.6 Å². The van der Waals surface area contributed by atoms with Crippen molar-refractivity contribution in [1.29, 1.82) is 0 Å². The first-order valence-electron chi connectivity index (χ1n) is 8.80. The number of hydrogen-bond acceptors (Lipinski definition) is 3. The molecule has 2 N–H and O–H groups in total. The van der Waals surface area contributed by atoms with E-state index in [-0.39, 0.29) is 28.8 Å². The van der Waals surface area contributed by atoms with Gasteiger partial charge in [-0.15, -0.1) is 0 Å². The number of anilines is 1. The van der Waals surface area contributed by atoms with E-state index in [0.717, 1.165) is 28.3 Å². The minimum absolute atomic E-state index is 0.0975. The van der Waals surface area contributed by atoms with Crippen LogP contribution in [0, 0.1) is 5.82 Å². The SMILES string of the molecule is O=C(Nc1c(F)ccc(Cl)c1CO)OCC1c2ccccc2-c2ccccc21. The molecule has 0 saturated carbocycles. The zero-order valence-corrected chi connectivity index (χ0v) is 15.5. The van der Waals surface area contributed by atoms with Crippen LogP contribution in [-0.4, -0.2) is 17.8 Å². The molecular weight excluding hydrogens is 381 g/mol. The van der Waals surface area contributed by atoms with E-state index in [1.54, 1.807) is 0 Å². The fraction of sp³-hybridized carbons (Fsp3) is 0.136. The smallest absolute Gasteiger partial charge is 0.411 e. The van der Waals surface area contributed by atoms with Gasteiger partial charge in [0.15, 0.2) is 0 Å². The van der Waals surface area contributed by atoms with E-state index in [4.69, 9.17) is 16.3 Å². The fourth-order valence-corrected chi connectivity index (χ4v) is 3.84. The summed E-state index contributed by atoms with van der Waals surface area (Å²) in [6, 6.07) is 18.4. The van der Waals surface area contributed by atoms with E-state index in [1.165, 1.54) is 6.07 Å². The molecule has 0 bridgehead atoms. The van der Waals surface area contributed by atoms with Crippen molar-refractivity contribution in [3.8, 4) is 11.1 Å². The molecule has 0 saturated heterocycles. The lowest BCUT2D eigenvalue weighted by Gasteiger charge is -2.16. The number of nitrogens with one attached hydrogen (secondary N) is 1. The number of ether oxygens (including phenoxy) is 1. The number of hydrogen-bond donors (Lipinski definition) is 2. The second-order valence-electron chi connectivity index (χ2n) is 6.49.